The highest BCUT2D eigenvalue weighted by atomic mass is 19.1. The first kappa shape index (κ1) is 16.0. The molecular formula is C18H23FN2O2. The number of halogens is 1. The minimum atomic E-state index is -0.332. The van der Waals surface area contributed by atoms with Crippen LogP contribution in [0.4, 0.5) is 10.1 Å². The molecule has 1 aromatic carbocycles. The van der Waals surface area contributed by atoms with Crippen molar-refractivity contribution < 1.29 is 14.0 Å². The van der Waals surface area contributed by atoms with Crippen molar-refractivity contribution in [3.8, 4) is 0 Å². The minimum absolute atomic E-state index is 0.0262. The van der Waals surface area contributed by atoms with E-state index in [0.717, 1.165) is 19.3 Å². The number of nitrogens with zero attached hydrogens (tertiary/aromatic N) is 1. The monoisotopic (exact) mass is 318 g/mol. The first-order valence-corrected chi connectivity index (χ1v) is 8.41. The standard InChI is InChI=1S/C18H23FN2O2/c1-12-4-2-3-5-16(12)20-18(23)13-10-17(22)21(11-13)15-8-6-14(19)7-9-15/h6-9,12-13,16H,2-5,10-11H2,1H3,(H,20,23)/t12-,13+,16-/m0/s1. The van der Waals surface area contributed by atoms with E-state index < -0.39 is 0 Å². The summed E-state index contributed by atoms with van der Waals surface area (Å²) in [5.74, 6) is -0.254. The molecular weight excluding hydrogens is 295 g/mol. The molecule has 1 N–H and O–H groups in total. The quantitative estimate of drug-likeness (QED) is 0.931. The maximum absolute atomic E-state index is 13.0. The molecule has 2 aliphatic rings. The van der Waals surface area contributed by atoms with Gasteiger partial charge in [0.05, 0.1) is 5.92 Å². The van der Waals surface area contributed by atoms with Crippen molar-refractivity contribution in [2.45, 2.75) is 45.1 Å². The molecule has 1 aliphatic heterocycles. The predicted octanol–water partition coefficient (Wildman–Crippen LogP) is 2.87. The van der Waals surface area contributed by atoms with Crippen molar-refractivity contribution >= 4 is 17.5 Å². The summed E-state index contributed by atoms with van der Waals surface area (Å²) in [4.78, 5) is 26.2. The van der Waals surface area contributed by atoms with Gasteiger partial charge in [0.15, 0.2) is 0 Å². The van der Waals surface area contributed by atoms with Crippen molar-refractivity contribution in [1.82, 2.24) is 5.32 Å². The van der Waals surface area contributed by atoms with Gasteiger partial charge in [-0.2, -0.15) is 0 Å². The lowest BCUT2D eigenvalue weighted by Crippen LogP contribution is -2.44. The number of anilines is 1. The molecule has 0 bridgehead atoms. The predicted molar refractivity (Wildman–Crippen MR) is 86.4 cm³/mol. The van der Waals surface area contributed by atoms with E-state index in [1.807, 2.05) is 0 Å². The maximum Gasteiger partial charge on any atom is 0.227 e. The van der Waals surface area contributed by atoms with Gasteiger partial charge < -0.3 is 10.2 Å². The third kappa shape index (κ3) is 3.54. The number of nitrogens with one attached hydrogen (secondary N) is 1. The van der Waals surface area contributed by atoms with Crippen molar-refractivity contribution in [1.29, 1.82) is 0 Å². The fraction of sp³-hybridized carbons (Fsp3) is 0.556. The normalized spacial score (nSPS) is 28.0. The van der Waals surface area contributed by atoms with E-state index in [2.05, 4.69) is 12.2 Å². The Labute approximate surface area is 136 Å². The van der Waals surface area contributed by atoms with Gasteiger partial charge in [-0.15, -0.1) is 0 Å². The summed E-state index contributed by atoms with van der Waals surface area (Å²) < 4.78 is 13.0. The Balaban J connectivity index is 1.62. The smallest absolute Gasteiger partial charge is 0.227 e. The molecule has 0 spiro atoms. The average Bonchev–Trinajstić information content (AvgIpc) is 2.92. The largest absolute Gasteiger partial charge is 0.353 e. The SMILES string of the molecule is C[C@H]1CCCC[C@@H]1NC(=O)[C@@H]1CC(=O)N(c2ccc(F)cc2)C1. The summed E-state index contributed by atoms with van der Waals surface area (Å²) in [5.41, 5.74) is 0.651. The van der Waals surface area contributed by atoms with E-state index in [-0.39, 0.29) is 36.0 Å². The Morgan fingerprint density at radius 3 is 2.61 bits per heavy atom. The highest BCUT2D eigenvalue weighted by Gasteiger charge is 2.36. The van der Waals surface area contributed by atoms with Crippen molar-refractivity contribution in [2.75, 3.05) is 11.4 Å². The van der Waals surface area contributed by atoms with Crippen LogP contribution in [0.1, 0.15) is 39.0 Å². The molecule has 0 radical (unpaired) electrons. The molecule has 0 unspecified atom stereocenters. The first-order chi connectivity index (χ1) is 11.0. The molecule has 2 amide bonds. The van der Waals surface area contributed by atoms with Crippen LogP contribution < -0.4 is 10.2 Å². The van der Waals surface area contributed by atoms with Gasteiger partial charge >= 0.3 is 0 Å². The van der Waals surface area contributed by atoms with Gasteiger partial charge in [0, 0.05) is 24.7 Å². The lowest BCUT2D eigenvalue weighted by Gasteiger charge is -2.30. The molecule has 1 saturated heterocycles. The third-order valence-corrected chi connectivity index (χ3v) is 5.07. The molecule has 5 heteroatoms. The van der Waals surface area contributed by atoms with E-state index in [4.69, 9.17) is 0 Å². The van der Waals surface area contributed by atoms with Crippen molar-refractivity contribution in [2.24, 2.45) is 11.8 Å². The Morgan fingerprint density at radius 2 is 1.91 bits per heavy atom. The van der Waals surface area contributed by atoms with Crippen LogP contribution in [0.25, 0.3) is 0 Å². The molecule has 1 aliphatic carbocycles. The number of hydrogen-bond acceptors (Lipinski definition) is 2. The fourth-order valence-electron chi connectivity index (χ4n) is 3.59. The van der Waals surface area contributed by atoms with Crippen LogP contribution in [0.3, 0.4) is 0 Å². The maximum atomic E-state index is 13.0. The molecule has 4 nitrogen and oxygen atoms in total. The number of rotatable bonds is 3. The van der Waals surface area contributed by atoms with Crippen LogP contribution in [0.5, 0.6) is 0 Å². The van der Waals surface area contributed by atoms with E-state index in [1.54, 1.807) is 17.0 Å². The Bertz CT molecular complexity index is 587. The molecule has 0 aromatic heterocycles. The first-order valence-electron chi connectivity index (χ1n) is 8.41. The van der Waals surface area contributed by atoms with Crippen LogP contribution in [0, 0.1) is 17.7 Å². The molecule has 1 heterocycles. The van der Waals surface area contributed by atoms with Crippen LogP contribution in [0.2, 0.25) is 0 Å². The molecule has 3 rings (SSSR count). The Hall–Kier alpha value is -1.91. The number of carbonyl (C=O) groups is 2. The van der Waals surface area contributed by atoms with Crippen LogP contribution >= 0.6 is 0 Å². The van der Waals surface area contributed by atoms with Gasteiger partial charge in [-0.25, -0.2) is 4.39 Å². The van der Waals surface area contributed by atoms with E-state index in [0.29, 0.717) is 18.2 Å². The molecule has 23 heavy (non-hydrogen) atoms. The second-order valence-electron chi connectivity index (χ2n) is 6.76. The van der Waals surface area contributed by atoms with Gasteiger partial charge in [-0.1, -0.05) is 19.8 Å². The topological polar surface area (TPSA) is 49.4 Å². The van der Waals surface area contributed by atoms with Crippen LogP contribution in [-0.2, 0) is 9.59 Å². The molecule has 2 fully saturated rings. The summed E-state index contributed by atoms with van der Waals surface area (Å²) in [6.45, 7) is 2.55. The summed E-state index contributed by atoms with van der Waals surface area (Å²) in [7, 11) is 0. The number of benzene rings is 1. The van der Waals surface area contributed by atoms with Crippen molar-refractivity contribution in [3.63, 3.8) is 0 Å². The highest BCUT2D eigenvalue weighted by molar-refractivity contribution is 6.00. The summed E-state index contributed by atoms with van der Waals surface area (Å²) >= 11 is 0. The third-order valence-electron chi connectivity index (χ3n) is 5.07. The average molecular weight is 318 g/mol. The fourth-order valence-corrected chi connectivity index (χ4v) is 3.59. The van der Waals surface area contributed by atoms with Crippen LogP contribution in [-0.4, -0.2) is 24.4 Å². The second-order valence-corrected chi connectivity index (χ2v) is 6.76. The molecule has 3 atom stereocenters. The minimum Gasteiger partial charge on any atom is -0.353 e. The zero-order valence-electron chi connectivity index (χ0n) is 13.4. The summed E-state index contributed by atoms with van der Waals surface area (Å²) in [6.07, 6.45) is 4.78. The summed E-state index contributed by atoms with van der Waals surface area (Å²) in [5, 5.41) is 3.13. The zero-order valence-corrected chi connectivity index (χ0v) is 13.4. The van der Waals surface area contributed by atoms with E-state index in [9.17, 15) is 14.0 Å². The van der Waals surface area contributed by atoms with Gasteiger partial charge in [0.25, 0.3) is 0 Å². The lowest BCUT2D eigenvalue weighted by atomic mass is 9.85. The van der Waals surface area contributed by atoms with E-state index in [1.165, 1.54) is 18.6 Å². The Kier molecular flexibility index (Phi) is 4.64. The van der Waals surface area contributed by atoms with Gasteiger partial charge in [-0.3, -0.25) is 9.59 Å². The lowest BCUT2D eigenvalue weighted by molar-refractivity contribution is -0.127. The summed E-state index contributed by atoms with van der Waals surface area (Å²) in [6, 6.07) is 6.05. The van der Waals surface area contributed by atoms with Crippen molar-refractivity contribution in [3.05, 3.63) is 30.1 Å². The van der Waals surface area contributed by atoms with Crippen LogP contribution in [0.15, 0.2) is 24.3 Å². The second kappa shape index (κ2) is 6.69. The number of carbonyl (C=O) groups excluding carboxylic acids is 2. The number of hydrogen-bond donors (Lipinski definition) is 1. The molecule has 1 aromatic rings. The van der Waals surface area contributed by atoms with Gasteiger partial charge in [0.1, 0.15) is 5.82 Å². The molecule has 124 valence electrons. The zero-order chi connectivity index (χ0) is 16.4. The van der Waals surface area contributed by atoms with Gasteiger partial charge in [-0.05, 0) is 43.0 Å². The molecule has 1 saturated carbocycles. The van der Waals surface area contributed by atoms with Gasteiger partial charge in [0.2, 0.25) is 11.8 Å². The Morgan fingerprint density at radius 1 is 1.22 bits per heavy atom. The van der Waals surface area contributed by atoms with E-state index >= 15 is 0 Å². The highest BCUT2D eigenvalue weighted by Crippen LogP contribution is 2.27. The number of amides is 2.